The van der Waals surface area contributed by atoms with Crippen LogP contribution in [-0.2, 0) is 17.7 Å². The van der Waals surface area contributed by atoms with E-state index in [4.69, 9.17) is 9.26 Å². The van der Waals surface area contributed by atoms with Crippen LogP contribution in [0.5, 0.6) is 0 Å². The Balaban J connectivity index is 1.42. The van der Waals surface area contributed by atoms with Crippen LogP contribution in [0.2, 0.25) is 0 Å². The molecule has 0 radical (unpaired) electrons. The molecule has 1 saturated heterocycles. The van der Waals surface area contributed by atoms with Crippen molar-refractivity contribution >= 4 is 5.91 Å². The number of nitrogens with one attached hydrogen (secondary N) is 1. The first-order valence-corrected chi connectivity index (χ1v) is 9.89. The highest BCUT2D eigenvalue weighted by molar-refractivity contribution is 5.94. The van der Waals surface area contributed by atoms with Crippen molar-refractivity contribution in [2.75, 3.05) is 13.2 Å². The fourth-order valence-corrected chi connectivity index (χ4v) is 3.80. The predicted octanol–water partition coefficient (Wildman–Crippen LogP) is 2.83. The van der Waals surface area contributed by atoms with Crippen molar-refractivity contribution in [3.05, 3.63) is 70.4 Å². The van der Waals surface area contributed by atoms with Gasteiger partial charge in [-0.2, -0.15) is 5.10 Å². The summed E-state index contributed by atoms with van der Waals surface area (Å²) in [6.45, 7) is 7.66. The van der Waals surface area contributed by atoms with Gasteiger partial charge in [-0.05, 0) is 44.5 Å². The van der Waals surface area contributed by atoms with E-state index in [1.54, 1.807) is 0 Å². The van der Waals surface area contributed by atoms with Gasteiger partial charge < -0.3 is 14.6 Å². The first-order valence-electron chi connectivity index (χ1n) is 9.89. The molecule has 3 aromatic rings. The van der Waals surface area contributed by atoms with Crippen molar-refractivity contribution in [1.82, 2.24) is 20.3 Å². The molecule has 152 valence electrons. The van der Waals surface area contributed by atoms with Crippen molar-refractivity contribution in [2.45, 2.75) is 39.8 Å². The number of nitrogens with zero attached hydrogens (tertiary/aromatic N) is 3. The number of carbonyl (C=O) groups excluding carboxylic acids is 1. The Kier molecular flexibility index (Phi) is 5.49. The third-order valence-electron chi connectivity index (χ3n) is 5.28. The summed E-state index contributed by atoms with van der Waals surface area (Å²) in [7, 11) is 0. The van der Waals surface area contributed by atoms with Crippen molar-refractivity contribution in [3.63, 3.8) is 0 Å². The lowest BCUT2D eigenvalue weighted by Gasteiger charge is -2.18. The third-order valence-corrected chi connectivity index (χ3v) is 5.28. The zero-order valence-corrected chi connectivity index (χ0v) is 17.0. The quantitative estimate of drug-likeness (QED) is 0.695. The fourth-order valence-electron chi connectivity index (χ4n) is 3.80. The Hall–Kier alpha value is -2.93. The summed E-state index contributed by atoms with van der Waals surface area (Å²) in [6, 6.07) is 11.6. The van der Waals surface area contributed by atoms with Gasteiger partial charge in [-0.1, -0.05) is 17.3 Å². The number of ether oxygens (including phenoxy) is 1. The lowest BCUT2D eigenvalue weighted by Crippen LogP contribution is -2.40. The number of hydrogen-bond acceptors (Lipinski definition) is 5. The highest BCUT2D eigenvalue weighted by Gasteiger charge is 2.31. The topological polar surface area (TPSA) is 82.2 Å². The molecule has 2 atom stereocenters. The fraction of sp³-hybridized carbons (Fsp3) is 0.409. The number of benzene rings is 1. The van der Waals surface area contributed by atoms with E-state index in [-0.39, 0.29) is 17.9 Å². The van der Waals surface area contributed by atoms with E-state index in [0.29, 0.717) is 31.7 Å². The van der Waals surface area contributed by atoms with Gasteiger partial charge in [0.05, 0.1) is 37.2 Å². The van der Waals surface area contributed by atoms with E-state index >= 15 is 0 Å². The van der Waals surface area contributed by atoms with Gasteiger partial charge in [0.1, 0.15) is 5.76 Å². The van der Waals surface area contributed by atoms with Gasteiger partial charge in [0.2, 0.25) is 0 Å². The molecule has 1 amide bonds. The van der Waals surface area contributed by atoms with Crippen LogP contribution in [0.25, 0.3) is 0 Å². The van der Waals surface area contributed by atoms with E-state index < -0.39 is 0 Å². The molecule has 3 heterocycles. The largest absolute Gasteiger partial charge is 0.379 e. The van der Waals surface area contributed by atoms with Gasteiger partial charge in [-0.3, -0.25) is 9.48 Å². The minimum Gasteiger partial charge on any atom is -0.379 e. The van der Waals surface area contributed by atoms with Gasteiger partial charge >= 0.3 is 0 Å². The lowest BCUT2D eigenvalue weighted by molar-refractivity contribution is 0.0924. The zero-order chi connectivity index (χ0) is 20.4. The zero-order valence-electron chi connectivity index (χ0n) is 17.0. The van der Waals surface area contributed by atoms with Gasteiger partial charge in [0, 0.05) is 29.7 Å². The molecule has 7 heteroatoms. The van der Waals surface area contributed by atoms with Crippen molar-refractivity contribution in [1.29, 1.82) is 0 Å². The van der Waals surface area contributed by atoms with E-state index in [0.717, 1.165) is 28.4 Å². The number of hydrogen-bond donors (Lipinski definition) is 1. The first kappa shape index (κ1) is 19.4. The highest BCUT2D eigenvalue weighted by Crippen LogP contribution is 2.20. The predicted molar refractivity (Wildman–Crippen MR) is 108 cm³/mol. The molecule has 1 N–H and O–H groups in total. The summed E-state index contributed by atoms with van der Waals surface area (Å²) >= 11 is 0. The number of rotatable bonds is 6. The molecule has 1 fully saturated rings. The van der Waals surface area contributed by atoms with E-state index in [2.05, 4.69) is 15.6 Å². The summed E-state index contributed by atoms with van der Waals surface area (Å²) in [5.74, 6) is 0.905. The van der Waals surface area contributed by atoms with Crippen LogP contribution in [0.3, 0.4) is 0 Å². The summed E-state index contributed by atoms with van der Waals surface area (Å²) < 4.78 is 12.9. The summed E-state index contributed by atoms with van der Waals surface area (Å²) in [4.78, 5) is 12.9. The SMILES string of the molecule is Cc1cc(C[C@@H]2COC[C@@H]2NC(=O)c2cccc(Cn3nc(C)cc3C)c2)on1. The Labute approximate surface area is 170 Å². The van der Waals surface area contributed by atoms with Crippen LogP contribution < -0.4 is 5.32 Å². The minimum absolute atomic E-state index is 0.0485. The van der Waals surface area contributed by atoms with Crippen LogP contribution in [0.1, 0.15) is 38.8 Å². The smallest absolute Gasteiger partial charge is 0.251 e. The molecule has 2 aromatic heterocycles. The molecule has 1 aliphatic rings. The summed E-state index contributed by atoms with van der Waals surface area (Å²) in [6.07, 6.45) is 0.698. The Bertz CT molecular complexity index is 1010. The summed E-state index contributed by atoms with van der Waals surface area (Å²) in [5.41, 5.74) is 4.64. The maximum absolute atomic E-state index is 12.9. The monoisotopic (exact) mass is 394 g/mol. The van der Waals surface area contributed by atoms with Gasteiger partial charge in [-0.25, -0.2) is 0 Å². The molecule has 1 aromatic carbocycles. The molecule has 4 rings (SSSR count). The van der Waals surface area contributed by atoms with Gasteiger partial charge in [0.15, 0.2) is 0 Å². The van der Waals surface area contributed by atoms with Crippen LogP contribution in [-0.4, -0.2) is 40.1 Å². The van der Waals surface area contributed by atoms with Crippen LogP contribution >= 0.6 is 0 Å². The maximum atomic E-state index is 12.9. The second-order valence-electron chi connectivity index (χ2n) is 7.80. The molecule has 0 saturated carbocycles. The van der Waals surface area contributed by atoms with E-state index in [9.17, 15) is 4.79 Å². The summed E-state index contributed by atoms with van der Waals surface area (Å²) in [5, 5.41) is 11.6. The second-order valence-corrected chi connectivity index (χ2v) is 7.80. The van der Waals surface area contributed by atoms with Crippen LogP contribution in [0, 0.1) is 26.7 Å². The number of aryl methyl sites for hydroxylation is 3. The Morgan fingerprint density at radius 3 is 2.76 bits per heavy atom. The molecule has 0 aliphatic carbocycles. The van der Waals surface area contributed by atoms with Crippen molar-refractivity contribution < 1.29 is 14.1 Å². The highest BCUT2D eigenvalue weighted by atomic mass is 16.5. The van der Waals surface area contributed by atoms with E-state index in [1.807, 2.05) is 61.9 Å². The third kappa shape index (κ3) is 4.56. The normalized spacial score (nSPS) is 18.9. The molecule has 29 heavy (non-hydrogen) atoms. The molecule has 7 nitrogen and oxygen atoms in total. The minimum atomic E-state index is -0.0885. The lowest BCUT2D eigenvalue weighted by atomic mass is 9.97. The molecular weight excluding hydrogens is 368 g/mol. The van der Waals surface area contributed by atoms with Gasteiger partial charge in [0.25, 0.3) is 5.91 Å². The maximum Gasteiger partial charge on any atom is 0.251 e. The standard InChI is InChI=1S/C22H26N4O3/c1-14-7-16(3)26(24-14)11-17-5-4-6-18(9-17)22(27)23-21-13-28-12-19(21)10-20-8-15(2)25-29-20/h4-9,19,21H,10-13H2,1-3H3,(H,23,27)/t19-,21+/m1/s1. The number of carbonyl (C=O) groups is 1. The number of aromatic nitrogens is 3. The Morgan fingerprint density at radius 1 is 1.17 bits per heavy atom. The van der Waals surface area contributed by atoms with Crippen LogP contribution in [0.4, 0.5) is 0 Å². The number of amides is 1. The molecule has 0 unspecified atom stereocenters. The van der Waals surface area contributed by atoms with Crippen molar-refractivity contribution in [3.8, 4) is 0 Å². The molecule has 0 bridgehead atoms. The van der Waals surface area contributed by atoms with Gasteiger partial charge in [-0.15, -0.1) is 0 Å². The molecule has 0 spiro atoms. The van der Waals surface area contributed by atoms with Crippen molar-refractivity contribution in [2.24, 2.45) is 5.92 Å². The first-order chi connectivity index (χ1) is 14.0. The Morgan fingerprint density at radius 2 is 2.03 bits per heavy atom. The van der Waals surface area contributed by atoms with Crippen LogP contribution in [0.15, 0.2) is 40.9 Å². The van der Waals surface area contributed by atoms with E-state index in [1.165, 1.54) is 0 Å². The molecule has 1 aliphatic heterocycles. The molecular formula is C22H26N4O3. The average molecular weight is 394 g/mol. The second kappa shape index (κ2) is 8.21. The average Bonchev–Trinajstić information content (AvgIpc) is 3.38.